The minimum Gasteiger partial charge on any atom is -0.242 e. The number of para-hydroxylation sites is 1. The Labute approximate surface area is 64.7 Å². The lowest BCUT2D eigenvalue weighted by molar-refractivity contribution is 1.35. The number of fused-ring (bicyclic) bond motifs is 1. The zero-order valence-corrected chi connectivity index (χ0v) is 6.40. The molecular weight excluding hydrogens is 142 g/mol. The second-order valence-corrected chi connectivity index (χ2v) is 3.36. The van der Waals surface area contributed by atoms with Crippen LogP contribution in [0.25, 0.3) is 10.2 Å². The van der Waals surface area contributed by atoms with E-state index >= 15 is 0 Å². The second kappa shape index (κ2) is 2.06. The monoisotopic (exact) mass is 150 g/mol. The van der Waals surface area contributed by atoms with Crippen LogP contribution in [0.3, 0.4) is 0 Å². The van der Waals surface area contributed by atoms with E-state index in [4.69, 9.17) is 1.37 Å². The van der Waals surface area contributed by atoms with Gasteiger partial charge >= 0.3 is 0 Å². The van der Waals surface area contributed by atoms with E-state index in [1.807, 2.05) is 13.0 Å². The van der Waals surface area contributed by atoms with Crippen molar-refractivity contribution < 1.29 is 1.37 Å². The molecule has 0 saturated heterocycles. The molecule has 0 amide bonds. The van der Waals surface area contributed by atoms with Gasteiger partial charge in [-0.05, 0) is 19.1 Å². The third-order valence-electron chi connectivity index (χ3n) is 1.34. The fourth-order valence-corrected chi connectivity index (χ4v) is 1.74. The van der Waals surface area contributed by atoms with E-state index in [1.54, 1.807) is 23.5 Å². The van der Waals surface area contributed by atoms with Crippen LogP contribution in [0.4, 0.5) is 0 Å². The predicted octanol–water partition coefficient (Wildman–Crippen LogP) is 2.60. The quantitative estimate of drug-likeness (QED) is 0.562. The van der Waals surface area contributed by atoms with Crippen LogP contribution in [0, 0.1) is 6.92 Å². The third kappa shape index (κ3) is 0.809. The summed E-state index contributed by atoms with van der Waals surface area (Å²) in [6, 6.07) is 6.06. The van der Waals surface area contributed by atoms with Gasteiger partial charge in [0.15, 0.2) is 0 Å². The molecule has 0 fully saturated rings. The van der Waals surface area contributed by atoms with Crippen LogP contribution < -0.4 is 0 Å². The maximum absolute atomic E-state index is 7.35. The standard InChI is InChI=1S/C8H7NS/c1-6-9-7-4-2-3-5-8(7)10-6/h2-5H,1H3/i2D. The summed E-state index contributed by atoms with van der Waals surface area (Å²) in [5.74, 6) is 0. The van der Waals surface area contributed by atoms with E-state index in [0.717, 1.165) is 10.5 Å². The molecule has 2 rings (SSSR count). The van der Waals surface area contributed by atoms with Crippen molar-refractivity contribution in [1.29, 1.82) is 0 Å². The molecule has 0 N–H and O–H groups in total. The lowest BCUT2D eigenvalue weighted by Crippen LogP contribution is -1.65. The number of hydrogen-bond donors (Lipinski definition) is 0. The van der Waals surface area contributed by atoms with E-state index in [1.165, 1.54) is 4.70 Å². The molecule has 50 valence electrons. The Morgan fingerprint density at radius 3 is 3.40 bits per heavy atom. The second-order valence-electron chi connectivity index (χ2n) is 2.13. The highest BCUT2D eigenvalue weighted by atomic mass is 32.1. The van der Waals surface area contributed by atoms with E-state index < -0.39 is 0 Å². The van der Waals surface area contributed by atoms with Crippen molar-refractivity contribution in [2.45, 2.75) is 6.92 Å². The van der Waals surface area contributed by atoms with Crippen molar-refractivity contribution in [2.75, 3.05) is 0 Å². The Hall–Kier alpha value is -0.890. The maximum atomic E-state index is 7.35. The molecule has 0 bridgehead atoms. The maximum Gasteiger partial charge on any atom is 0.0907 e. The third-order valence-corrected chi connectivity index (χ3v) is 2.29. The highest BCUT2D eigenvalue weighted by Gasteiger charge is 1.95. The van der Waals surface area contributed by atoms with Gasteiger partial charge in [-0.15, -0.1) is 11.3 Å². The van der Waals surface area contributed by atoms with Crippen LogP contribution in [-0.2, 0) is 0 Å². The Bertz CT molecular complexity index is 394. The number of aromatic nitrogens is 1. The number of aryl methyl sites for hydroxylation is 1. The van der Waals surface area contributed by atoms with Crippen LogP contribution in [-0.4, -0.2) is 4.98 Å². The smallest absolute Gasteiger partial charge is 0.0907 e. The number of thiazole rings is 1. The van der Waals surface area contributed by atoms with Gasteiger partial charge < -0.3 is 0 Å². The molecule has 1 nitrogen and oxygen atoms in total. The van der Waals surface area contributed by atoms with Gasteiger partial charge in [0.05, 0.1) is 16.6 Å². The van der Waals surface area contributed by atoms with Gasteiger partial charge in [0, 0.05) is 0 Å². The molecule has 1 aromatic carbocycles. The molecule has 0 radical (unpaired) electrons. The number of hydrogen-bond acceptors (Lipinski definition) is 2. The zero-order chi connectivity index (χ0) is 7.84. The first-order valence-corrected chi connectivity index (χ1v) is 3.91. The largest absolute Gasteiger partial charge is 0.242 e. The van der Waals surface area contributed by atoms with Crippen LogP contribution >= 0.6 is 11.3 Å². The molecule has 2 aromatic rings. The molecule has 0 aliphatic rings. The Morgan fingerprint density at radius 1 is 1.60 bits per heavy atom. The van der Waals surface area contributed by atoms with Gasteiger partial charge in [-0.25, -0.2) is 4.98 Å². The number of nitrogens with zero attached hydrogens (tertiary/aromatic N) is 1. The summed E-state index contributed by atoms with van der Waals surface area (Å²) in [7, 11) is 0. The van der Waals surface area contributed by atoms with Crippen molar-refractivity contribution in [1.82, 2.24) is 4.98 Å². The van der Waals surface area contributed by atoms with Gasteiger partial charge in [0.1, 0.15) is 0 Å². The van der Waals surface area contributed by atoms with Crippen molar-refractivity contribution in [3.05, 3.63) is 29.2 Å². The normalized spacial score (nSPS) is 11.9. The molecule has 0 aliphatic carbocycles. The Balaban J connectivity index is 2.82. The summed E-state index contributed by atoms with van der Waals surface area (Å²) in [5, 5.41) is 1.06. The lowest BCUT2D eigenvalue weighted by Gasteiger charge is -1.80. The number of benzene rings is 1. The van der Waals surface area contributed by atoms with Crippen molar-refractivity contribution in [3.8, 4) is 0 Å². The molecule has 0 aliphatic heterocycles. The first-order chi connectivity index (χ1) is 5.25. The van der Waals surface area contributed by atoms with Gasteiger partial charge in [-0.1, -0.05) is 12.1 Å². The van der Waals surface area contributed by atoms with Gasteiger partial charge in [0.25, 0.3) is 0 Å². The molecule has 1 aromatic heterocycles. The average molecular weight is 150 g/mol. The highest BCUT2D eigenvalue weighted by Crippen LogP contribution is 2.19. The summed E-state index contributed by atoms with van der Waals surface area (Å²) >= 11 is 1.67. The molecule has 2 heteroatoms. The fraction of sp³-hybridized carbons (Fsp3) is 0.125. The van der Waals surface area contributed by atoms with E-state index in [9.17, 15) is 0 Å². The first kappa shape index (κ1) is 4.85. The fourth-order valence-electron chi connectivity index (χ4n) is 0.933. The summed E-state index contributed by atoms with van der Waals surface area (Å²) in [6.07, 6.45) is 0. The van der Waals surface area contributed by atoms with Crippen molar-refractivity contribution in [3.63, 3.8) is 0 Å². The zero-order valence-electron chi connectivity index (χ0n) is 6.59. The lowest BCUT2D eigenvalue weighted by atomic mass is 10.3. The van der Waals surface area contributed by atoms with Crippen LogP contribution in [0.2, 0.25) is 0 Å². The summed E-state index contributed by atoms with van der Waals surface area (Å²) in [6.45, 7) is 1.98. The Morgan fingerprint density at radius 2 is 2.50 bits per heavy atom. The van der Waals surface area contributed by atoms with E-state index in [2.05, 4.69) is 4.98 Å². The topological polar surface area (TPSA) is 12.9 Å². The Kier molecular flexibility index (Phi) is 1.000. The minimum atomic E-state index is 0.530. The minimum absolute atomic E-state index is 0.530. The summed E-state index contributed by atoms with van der Waals surface area (Å²) in [5.41, 5.74) is 0.944. The molecule has 1 heterocycles. The average Bonchev–Trinajstić information content (AvgIpc) is 2.27. The number of rotatable bonds is 0. The predicted molar refractivity (Wildman–Crippen MR) is 44.4 cm³/mol. The molecule has 0 spiro atoms. The summed E-state index contributed by atoms with van der Waals surface area (Å²) < 4.78 is 8.52. The molecular formula is C8H7NS. The highest BCUT2D eigenvalue weighted by molar-refractivity contribution is 7.18. The van der Waals surface area contributed by atoms with Crippen molar-refractivity contribution >= 4 is 21.6 Å². The van der Waals surface area contributed by atoms with Gasteiger partial charge in [0.2, 0.25) is 0 Å². The first-order valence-electron chi connectivity index (χ1n) is 3.59. The molecule has 0 unspecified atom stereocenters. The van der Waals surface area contributed by atoms with E-state index in [0.29, 0.717) is 6.04 Å². The van der Waals surface area contributed by atoms with Crippen molar-refractivity contribution in [2.24, 2.45) is 0 Å². The summed E-state index contributed by atoms with van der Waals surface area (Å²) in [4.78, 5) is 4.27. The van der Waals surface area contributed by atoms with Crippen LogP contribution in [0.15, 0.2) is 24.2 Å². The van der Waals surface area contributed by atoms with E-state index in [-0.39, 0.29) is 0 Å². The SMILES string of the molecule is [2H]c1ccc2sc(C)nc2c1. The van der Waals surface area contributed by atoms with Crippen LogP contribution in [0.5, 0.6) is 0 Å². The van der Waals surface area contributed by atoms with Gasteiger partial charge in [-0.2, -0.15) is 0 Å². The van der Waals surface area contributed by atoms with Crippen LogP contribution in [0.1, 0.15) is 6.38 Å². The molecule has 0 saturated carbocycles. The van der Waals surface area contributed by atoms with Gasteiger partial charge in [-0.3, -0.25) is 0 Å². The molecule has 10 heavy (non-hydrogen) atoms. The molecule has 0 atom stereocenters.